The van der Waals surface area contributed by atoms with Crippen LogP contribution in [-0.2, 0) is 9.59 Å². The van der Waals surface area contributed by atoms with Crippen molar-refractivity contribution in [3.05, 3.63) is 58.7 Å². The maximum Gasteiger partial charge on any atom is 0.295 e. The number of carbonyl (C=O) groups excluding carboxylic acids is 2. The minimum atomic E-state index is -0.827. The summed E-state index contributed by atoms with van der Waals surface area (Å²) in [6.07, 6.45) is 0. The van der Waals surface area contributed by atoms with E-state index in [0.717, 1.165) is 5.56 Å². The van der Waals surface area contributed by atoms with Crippen molar-refractivity contribution in [3.63, 3.8) is 0 Å². The van der Waals surface area contributed by atoms with Crippen molar-refractivity contribution < 1.29 is 29.3 Å². The number of hydrogen-bond donors (Lipinski definition) is 2. The molecule has 0 unspecified atom stereocenters. The number of amides is 1. The summed E-state index contributed by atoms with van der Waals surface area (Å²) in [5, 5.41) is 21.3. The Labute approximate surface area is 193 Å². The number of Topliss-reactive ketones (excluding diaryl/α,β-unsaturated/α-hetero) is 1. The molecular weight excluding hydrogens is 424 g/mol. The minimum Gasteiger partial charge on any atom is -0.507 e. The molecule has 0 radical (unpaired) electrons. The Bertz CT molecular complexity index is 1090. The highest BCUT2D eigenvalue weighted by Gasteiger charge is 2.46. The van der Waals surface area contributed by atoms with Gasteiger partial charge in [0.1, 0.15) is 11.5 Å². The molecule has 0 bridgehead atoms. The van der Waals surface area contributed by atoms with E-state index >= 15 is 0 Å². The molecule has 176 valence electrons. The predicted molar refractivity (Wildman–Crippen MR) is 125 cm³/mol. The van der Waals surface area contributed by atoms with Crippen LogP contribution in [0.15, 0.2) is 42.0 Å². The molecule has 1 atom stereocenters. The molecule has 2 aromatic carbocycles. The van der Waals surface area contributed by atoms with Crippen LogP contribution in [0.2, 0.25) is 0 Å². The van der Waals surface area contributed by atoms with E-state index in [1.807, 2.05) is 25.9 Å². The molecule has 2 N–H and O–H groups in total. The number of hydrogen-bond acceptors (Lipinski definition) is 7. The third kappa shape index (κ3) is 4.80. The van der Waals surface area contributed by atoms with E-state index < -0.39 is 17.7 Å². The molecule has 1 heterocycles. The van der Waals surface area contributed by atoms with Crippen LogP contribution in [0.4, 0.5) is 0 Å². The highest BCUT2D eigenvalue weighted by atomic mass is 16.5. The van der Waals surface area contributed by atoms with Gasteiger partial charge in [0, 0.05) is 18.7 Å². The zero-order valence-electron chi connectivity index (χ0n) is 19.6. The fraction of sp³-hybridized carbons (Fsp3) is 0.360. The maximum atomic E-state index is 13.1. The van der Waals surface area contributed by atoms with Gasteiger partial charge >= 0.3 is 0 Å². The fourth-order valence-electron chi connectivity index (χ4n) is 3.92. The van der Waals surface area contributed by atoms with E-state index in [9.17, 15) is 19.8 Å². The third-order valence-electron chi connectivity index (χ3n) is 5.60. The zero-order valence-corrected chi connectivity index (χ0v) is 19.6. The summed E-state index contributed by atoms with van der Waals surface area (Å²) in [5.41, 5.74) is 1.74. The third-order valence-corrected chi connectivity index (χ3v) is 5.60. The monoisotopic (exact) mass is 454 g/mol. The number of benzene rings is 2. The van der Waals surface area contributed by atoms with Gasteiger partial charge in [0.15, 0.2) is 11.5 Å². The Kier molecular flexibility index (Phi) is 7.28. The lowest BCUT2D eigenvalue weighted by Gasteiger charge is -2.27. The van der Waals surface area contributed by atoms with Crippen LogP contribution in [0.5, 0.6) is 17.2 Å². The highest BCUT2D eigenvalue weighted by Crippen LogP contribution is 2.42. The Morgan fingerprint density at radius 1 is 1.12 bits per heavy atom. The molecule has 1 fully saturated rings. The number of aliphatic hydroxyl groups excluding tert-OH is 1. The molecule has 1 aliphatic rings. The second-order valence-electron chi connectivity index (χ2n) is 8.14. The van der Waals surface area contributed by atoms with E-state index in [0.29, 0.717) is 30.0 Å². The first-order valence-corrected chi connectivity index (χ1v) is 10.7. The van der Waals surface area contributed by atoms with Gasteiger partial charge in [0.05, 0.1) is 25.3 Å². The number of ether oxygens (including phenoxy) is 2. The van der Waals surface area contributed by atoms with Crippen LogP contribution in [0.3, 0.4) is 0 Å². The molecule has 33 heavy (non-hydrogen) atoms. The van der Waals surface area contributed by atoms with Gasteiger partial charge in [-0.25, -0.2) is 0 Å². The molecular formula is C25H30N2O6. The van der Waals surface area contributed by atoms with E-state index in [-0.39, 0.29) is 29.4 Å². The quantitative estimate of drug-likeness (QED) is 0.359. The second-order valence-corrected chi connectivity index (χ2v) is 8.14. The smallest absolute Gasteiger partial charge is 0.295 e. The Morgan fingerprint density at radius 3 is 2.45 bits per heavy atom. The lowest BCUT2D eigenvalue weighted by atomic mass is 9.94. The molecule has 0 aromatic heterocycles. The number of aryl methyl sites for hydroxylation is 1. The van der Waals surface area contributed by atoms with Crippen molar-refractivity contribution >= 4 is 17.4 Å². The minimum absolute atomic E-state index is 0.00328. The number of ketones is 1. The van der Waals surface area contributed by atoms with Gasteiger partial charge in [0.2, 0.25) is 0 Å². The number of likely N-dealkylation sites (N-methyl/N-ethyl adjacent to an activating group) is 1. The van der Waals surface area contributed by atoms with Crippen LogP contribution in [0, 0.1) is 6.92 Å². The lowest BCUT2D eigenvalue weighted by Crippen LogP contribution is -2.35. The topological polar surface area (TPSA) is 99.5 Å². The van der Waals surface area contributed by atoms with Gasteiger partial charge in [-0.1, -0.05) is 6.07 Å². The summed E-state index contributed by atoms with van der Waals surface area (Å²) in [7, 11) is 5.30. The number of aromatic hydroxyl groups is 1. The van der Waals surface area contributed by atoms with Gasteiger partial charge in [-0.05, 0) is 69.4 Å². The molecule has 3 rings (SSSR count). The summed E-state index contributed by atoms with van der Waals surface area (Å²) < 4.78 is 10.8. The maximum absolute atomic E-state index is 13.1. The number of methoxy groups -OCH3 is 1. The molecule has 1 amide bonds. The van der Waals surface area contributed by atoms with Crippen molar-refractivity contribution in [3.8, 4) is 17.2 Å². The summed E-state index contributed by atoms with van der Waals surface area (Å²) >= 11 is 0. The standard InChI is InChI=1S/C25H30N2O6/c1-6-33-20-14-16(7-9-18(20)28)22-21(24(30)25(31)27(22)12-11-26(3)4)23(29)17-8-10-19(32-5)15(2)13-17/h7-10,13-14,22,28-29H,6,11-12H2,1-5H3/b23-21+/t22-/m1/s1. The van der Waals surface area contributed by atoms with Crippen LogP contribution in [0.1, 0.15) is 29.7 Å². The number of phenolic OH excluding ortho intramolecular Hbond substituents is 1. The molecule has 1 saturated heterocycles. The Morgan fingerprint density at radius 2 is 1.85 bits per heavy atom. The number of likely N-dealkylation sites (tertiary alicyclic amines) is 1. The van der Waals surface area contributed by atoms with Gasteiger partial charge < -0.3 is 29.5 Å². The summed E-state index contributed by atoms with van der Waals surface area (Å²) in [6.45, 7) is 4.77. The molecule has 8 nitrogen and oxygen atoms in total. The Balaban J connectivity index is 2.18. The summed E-state index contributed by atoms with van der Waals surface area (Å²) in [5.74, 6) is -0.850. The van der Waals surface area contributed by atoms with E-state index in [1.165, 1.54) is 11.0 Å². The van der Waals surface area contributed by atoms with Gasteiger partial charge in [-0.2, -0.15) is 0 Å². The Hall–Kier alpha value is -3.52. The summed E-state index contributed by atoms with van der Waals surface area (Å²) in [6, 6.07) is 8.93. The normalized spacial score (nSPS) is 17.6. The lowest BCUT2D eigenvalue weighted by molar-refractivity contribution is -0.140. The first kappa shape index (κ1) is 24.1. The number of carbonyl (C=O) groups is 2. The highest BCUT2D eigenvalue weighted by molar-refractivity contribution is 6.46. The first-order chi connectivity index (χ1) is 15.7. The number of aliphatic hydroxyl groups is 1. The van der Waals surface area contributed by atoms with E-state index in [2.05, 4.69) is 0 Å². The average molecular weight is 455 g/mol. The van der Waals surface area contributed by atoms with Crippen molar-refractivity contribution in [2.45, 2.75) is 19.9 Å². The first-order valence-electron chi connectivity index (χ1n) is 10.7. The van der Waals surface area contributed by atoms with E-state index in [4.69, 9.17) is 9.47 Å². The molecule has 1 aliphatic heterocycles. The largest absolute Gasteiger partial charge is 0.507 e. The SMILES string of the molecule is CCOc1cc([C@@H]2/C(=C(\O)c3ccc(OC)c(C)c3)C(=O)C(=O)N2CCN(C)C)ccc1O. The summed E-state index contributed by atoms with van der Waals surface area (Å²) in [4.78, 5) is 29.5. The van der Waals surface area contributed by atoms with Crippen molar-refractivity contribution in [1.29, 1.82) is 0 Å². The van der Waals surface area contributed by atoms with Crippen molar-refractivity contribution in [1.82, 2.24) is 9.80 Å². The molecule has 2 aromatic rings. The van der Waals surface area contributed by atoms with Crippen molar-refractivity contribution in [2.24, 2.45) is 0 Å². The van der Waals surface area contributed by atoms with Crippen LogP contribution in [-0.4, -0.2) is 72.6 Å². The van der Waals surface area contributed by atoms with Crippen LogP contribution >= 0.6 is 0 Å². The number of nitrogens with zero attached hydrogens (tertiary/aromatic N) is 2. The van der Waals surface area contributed by atoms with Gasteiger partial charge in [-0.3, -0.25) is 9.59 Å². The number of rotatable bonds is 8. The predicted octanol–water partition coefficient (Wildman–Crippen LogP) is 3.09. The molecule has 0 saturated carbocycles. The molecule has 8 heteroatoms. The zero-order chi connectivity index (χ0) is 24.3. The number of phenols is 1. The van der Waals surface area contributed by atoms with Crippen LogP contribution < -0.4 is 9.47 Å². The molecule has 0 spiro atoms. The molecule has 0 aliphatic carbocycles. The average Bonchev–Trinajstić information content (AvgIpc) is 3.03. The fourth-order valence-corrected chi connectivity index (χ4v) is 3.92. The van der Waals surface area contributed by atoms with Crippen LogP contribution in [0.25, 0.3) is 5.76 Å². The van der Waals surface area contributed by atoms with Gasteiger partial charge in [-0.15, -0.1) is 0 Å². The van der Waals surface area contributed by atoms with E-state index in [1.54, 1.807) is 44.4 Å². The van der Waals surface area contributed by atoms with Crippen molar-refractivity contribution in [2.75, 3.05) is 40.9 Å². The second kappa shape index (κ2) is 9.95. The van der Waals surface area contributed by atoms with Gasteiger partial charge in [0.25, 0.3) is 11.7 Å².